The number of carbonyl (C=O) groups excluding carboxylic acids is 1. The summed E-state index contributed by atoms with van der Waals surface area (Å²) >= 11 is 0. The molecule has 0 radical (unpaired) electrons. The van der Waals surface area contributed by atoms with Gasteiger partial charge < -0.3 is 4.74 Å². The highest BCUT2D eigenvalue weighted by molar-refractivity contribution is 5.69. The number of unbranched alkanes of at least 4 members (excludes halogenated alkanes) is 14. The zero-order valence-corrected chi connectivity index (χ0v) is 28.6. The molecule has 0 saturated heterocycles. The van der Waals surface area contributed by atoms with Crippen LogP contribution in [-0.2, 0) is 29.0 Å². The first-order chi connectivity index (χ1) is 19.8. The number of hydrogen-bond acceptors (Lipinski definition) is 2. The summed E-state index contributed by atoms with van der Waals surface area (Å²) in [5, 5.41) is 0. The van der Waals surface area contributed by atoms with Crippen molar-refractivity contribution in [2.75, 3.05) is 0 Å². The fraction of sp³-hybridized carbons (Fsp3) is 0.821. The fourth-order valence-corrected chi connectivity index (χ4v) is 6.15. The summed E-state index contributed by atoms with van der Waals surface area (Å²) in [6.07, 6.45) is 28.8. The number of benzene rings is 1. The van der Waals surface area contributed by atoms with Gasteiger partial charge in [-0.25, -0.2) is 0 Å². The van der Waals surface area contributed by atoms with Crippen LogP contribution in [0.4, 0.5) is 0 Å². The monoisotopic (exact) mass is 571 g/mol. The van der Waals surface area contributed by atoms with Gasteiger partial charge in [0.05, 0.1) is 0 Å². The van der Waals surface area contributed by atoms with Crippen molar-refractivity contribution in [1.82, 2.24) is 0 Å². The van der Waals surface area contributed by atoms with Gasteiger partial charge in [0, 0.05) is 6.42 Å². The molecule has 1 rings (SSSR count). The maximum Gasteiger partial charge on any atom is 0.306 e. The minimum atomic E-state index is -0.0294. The van der Waals surface area contributed by atoms with E-state index in [4.69, 9.17) is 4.74 Å². The molecular weight excluding hydrogens is 500 g/mol. The van der Waals surface area contributed by atoms with E-state index in [1.165, 1.54) is 132 Å². The minimum absolute atomic E-state index is 0.0294. The zero-order valence-electron chi connectivity index (χ0n) is 28.6. The van der Waals surface area contributed by atoms with Crippen molar-refractivity contribution in [3.05, 3.63) is 34.9 Å². The van der Waals surface area contributed by atoms with E-state index in [1.807, 2.05) is 0 Å². The van der Waals surface area contributed by atoms with Crippen LogP contribution in [0.2, 0.25) is 0 Å². The van der Waals surface area contributed by atoms with E-state index >= 15 is 0 Å². The van der Waals surface area contributed by atoms with E-state index < -0.39 is 0 Å². The van der Waals surface area contributed by atoms with E-state index in [1.54, 1.807) is 0 Å². The summed E-state index contributed by atoms with van der Waals surface area (Å²) in [5.41, 5.74) is 4.36. The summed E-state index contributed by atoms with van der Waals surface area (Å²) in [7, 11) is 0. The SMILES string of the molecule is CCCCCCCCCCC(CCCCC(=O)OCc1cc(CCCCCC)cc(CCCCCC)c1)C(C)(C)C. The Morgan fingerprint density at radius 2 is 1.00 bits per heavy atom. The molecule has 1 aromatic carbocycles. The van der Waals surface area contributed by atoms with Gasteiger partial charge in [-0.15, -0.1) is 0 Å². The van der Waals surface area contributed by atoms with Crippen LogP contribution in [0, 0.1) is 11.3 Å². The van der Waals surface area contributed by atoms with E-state index in [0.717, 1.165) is 31.6 Å². The minimum Gasteiger partial charge on any atom is -0.461 e. The molecule has 238 valence electrons. The predicted octanol–water partition coefficient (Wildman–Crippen LogP) is 12.7. The largest absolute Gasteiger partial charge is 0.461 e. The van der Waals surface area contributed by atoms with Gasteiger partial charge in [0.1, 0.15) is 6.61 Å². The fourth-order valence-electron chi connectivity index (χ4n) is 6.15. The van der Waals surface area contributed by atoms with Gasteiger partial charge in [-0.2, -0.15) is 0 Å². The molecule has 0 fully saturated rings. The number of ether oxygens (including phenoxy) is 1. The molecule has 0 aromatic heterocycles. The second kappa shape index (κ2) is 24.2. The van der Waals surface area contributed by atoms with Crippen LogP contribution >= 0.6 is 0 Å². The highest BCUT2D eigenvalue weighted by Crippen LogP contribution is 2.34. The molecule has 0 aliphatic carbocycles. The standard InChI is InChI=1S/C39H70O2/c1-7-10-13-16-17-18-19-22-27-37(39(4,5)6)28-23-24-29-38(40)41-33-36-31-34(25-20-14-11-8-2)30-35(32-36)26-21-15-12-9-3/h30-32,37H,7-29,33H2,1-6H3. The number of rotatable bonds is 26. The van der Waals surface area contributed by atoms with Crippen molar-refractivity contribution in [1.29, 1.82) is 0 Å². The molecule has 41 heavy (non-hydrogen) atoms. The molecule has 0 aliphatic heterocycles. The number of carbonyl (C=O) groups is 1. The first kappa shape index (κ1) is 37.7. The highest BCUT2D eigenvalue weighted by atomic mass is 16.5. The van der Waals surface area contributed by atoms with E-state index in [9.17, 15) is 4.79 Å². The quantitative estimate of drug-likeness (QED) is 0.0817. The van der Waals surface area contributed by atoms with Gasteiger partial charge in [-0.1, -0.05) is 156 Å². The molecule has 1 aromatic rings. The predicted molar refractivity (Wildman–Crippen MR) is 181 cm³/mol. The average molecular weight is 571 g/mol. The van der Waals surface area contributed by atoms with Gasteiger partial charge in [0.25, 0.3) is 0 Å². The van der Waals surface area contributed by atoms with Crippen LogP contribution in [0.1, 0.15) is 193 Å². The lowest BCUT2D eigenvalue weighted by Gasteiger charge is -2.31. The summed E-state index contributed by atoms with van der Waals surface area (Å²) < 4.78 is 5.79. The van der Waals surface area contributed by atoms with Crippen LogP contribution in [0.5, 0.6) is 0 Å². The Kier molecular flexibility index (Phi) is 22.2. The zero-order chi connectivity index (χ0) is 30.2. The molecule has 2 nitrogen and oxygen atoms in total. The molecule has 1 atom stereocenters. The Bertz CT molecular complexity index is 729. The molecule has 1 unspecified atom stereocenters. The third kappa shape index (κ3) is 20.3. The third-order valence-electron chi connectivity index (χ3n) is 8.96. The Hall–Kier alpha value is -1.31. The Morgan fingerprint density at radius 1 is 0.585 bits per heavy atom. The van der Waals surface area contributed by atoms with Crippen molar-refractivity contribution in [3.8, 4) is 0 Å². The van der Waals surface area contributed by atoms with Crippen LogP contribution in [-0.4, -0.2) is 5.97 Å². The lowest BCUT2D eigenvalue weighted by molar-refractivity contribution is -0.145. The van der Waals surface area contributed by atoms with Crippen LogP contribution in [0.3, 0.4) is 0 Å². The molecule has 0 N–H and O–H groups in total. The maximum absolute atomic E-state index is 12.6. The van der Waals surface area contributed by atoms with Gasteiger partial charge in [0.2, 0.25) is 0 Å². The van der Waals surface area contributed by atoms with E-state index in [2.05, 4.69) is 59.7 Å². The first-order valence-electron chi connectivity index (χ1n) is 18.1. The molecule has 0 aliphatic rings. The molecule has 0 heterocycles. The first-order valence-corrected chi connectivity index (χ1v) is 18.1. The molecular formula is C39H70O2. The Balaban J connectivity index is 2.44. The molecule has 0 bridgehead atoms. The van der Waals surface area contributed by atoms with Gasteiger partial charge in [-0.05, 0) is 73.0 Å². The summed E-state index contributed by atoms with van der Waals surface area (Å²) in [4.78, 5) is 12.6. The van der Waals surface area contributed by atoms with Crippen molar-refractivity contribution in [3.63, 3.8) is 0 Å². The number of esters is 1. The van der Waals surface area contributed by atoms with Crippen molar-refractivity contribution >= 4 is 5.97 Å². The molecule has 0 spiro atoms. The molecule has 2 heteroatoms. The Labute approximate surface area is 257 Å². The second-order valence-electron chi connectivity index (χ2n) is 14.0. The van der Waals surface area contributed by atoms with Crippen LogP contribution in [0.25, 0.3) is 0 Å². The summed E-state index contributed by atoms with van der Waals surface area (Å²) in [6.45, 7) is 14.4. The Morgan fingerprint density at radius 3 is 1.49 bits per heavy atom. The third-order valence-corrected chi connectivity index (χ3v) is 8.96. The average Bonchev–Trinajstić information content (AvgIpc) is 2.94. The number of hydrogen-bond donors (Lipinski definition) is 0. The maximum atomic E-state index is 12.6. The topological polar surface area (TPSA) is 26.3 Å². The number of aryl methyl sites for hydroxylation is 2. The summed E-state index contributed by atoms with van der Waals surface area (Å²) in [5.74, 6) is 0.715. The van der Waals surface area contributed by atoms with E-state index in [0.29, 0.717) is 18.4 Å². The molecule has 0 saturated carbocycles. The highest BCUT2D eigenvalue weighted by Gasteiger charge is 2.23. The van der Waals surface area contributed by atoms with Gasteiger partial charge in [0.15, 0.2) is 0 Å². The van der Waals surface area contributed by atoms with Crippen LogP contribution < -0.4 is 0 Å². The van der Waals surface area contributed by atoms with Crippen molar-refractivity contribution in [2.45, 2.75) is 196 Å². The van der Waals surface area contributed by atoms with Gasteiger partial charge in [-0.3, -0.25) is 4.79 Å². The van der Waals surface area contributed by atoms with E-state index in [-0.39, 0.29) is 5.97 Å². The van der Waals surface area contributed by atoms with Crippen LogP contribution in [0.15, 0.2) is 18.2 Å². The van der Waals surface area contributed by atoms with Crippen molar-refractivity contribution < 1.29 is 9.53 Å². The smallest absolute Gasteiger partial charge is 0.306 e. The van der Waals surface area contributed by atoms with Crippen molar-refractivity contribution in [2.24, 2.45) is 11.3 Å². The lowest BCUT2D eigenvalue weighted by atomic mass is 9.75. The van der Waals surface area contributed by atoms with Gasteiger partial charge >= 0.3 is 5.97 Å². The molecule has 0 amide bonds. The lowest BCUT2D eigenvalue weighted by Crippen LogP contribution is -2.20. The summed E-state index contributed by atoms with van der Waals surface area (Å²) in [6, 6.07) is 6.98. The second-order valence-corrected chi connectivity index (χ2v) is 14.0. The normalized spacial score (nSPS) is 12.5.